The van der Waals surface area contributed by atoms with Gasteiger partial charge in [-0.15, -0.1) is 0 Å². The summed E-state index contributed by atoms with van der Waals surface area (Å²) < 4.78 is 28.1. The van der Waals surface area contributed by atoms with E-state index in [9.17, 15) is 18.0 Å². The highest BCUT2D eigenvalue weighted by atomic mass is 32.2. The first-order valence-corrected chi connectivity index (χ1v) is 12.5. The minimum atomic E-state index is -3.67. The van der Waals surface area contributed by atoms with Crippen LogP contribution in [0.4, 0.5) is 0 Å². The van der Waals surface area contributed by atoms with Crippen molar-refractivity contribution in [2.24, 2.45) is 0 Å². The van der Waals surface area contributed by atoms with Crippen molar-refractivity contribution in [3.05, 3.63) is 58.4 Å². The molecule has 33 heavy (non-hydrogen) atoms. The maximum atomic E-state index is 13.1. The van der Waals surface area contributed by atoms with Crippen LogP contribution in [0.3, 0.4) is 0 Å². The SMILES string of the molecule is Cc1ccc(-c2nn(CC(=O)N3CCCCC3)c(=O)c3ccccc23)cc1S(=O)(=O)N(C)C. The third-order valence-electron chi connectivity index (χ3n) is 6.08. The number of sulfonamides is 1. The second kappa shape index (κ2) is 9.07. The van der Waals surface area contributed by atoms with Crippen LogP contribution < -0.4 is 5.56 Å². The summed E-state index contributed by atoms with van der Waals surface area (Å²) >= 11 is 0. The topological polar surface area (TPSA) is 92.6 Å². The van der Waals surface area contributed by atoms with Gasteiger partial charge in [0.2, 0.25) is 15.9 Å². The average molecular weight is 469 g/mol. The zero-order valence-electron chi connectivity index (χ0n) is 19.1. The molecule has 2 heterocycles. The van der Waals surface area contributed by atoms with Gasteiger partial charge >= 0.3 is 0 Å². The molecule has 0 bridgehead atoms. The molecule has 2 aromatic carbocycles. The van der Waals surface area contributed by atoms with E-state index in [4.69, 9.17) is 0 Å². The van der Waals surface area contributed by atoms with E-state index in [0.717, 1.165) is 19.3 Å². The maximum Gasteiger partial charge on any atom is 0.275 e. The summed E-state index contributed by atoms with van der Waals surface area (Å²) in [6.45, 7) is 2.98. The molecule has 3 aromatic rings. The Morgan fingerprint density at radius 2 is 1.70 bits per heavy atom. The van der Waals surface area contributed by atoms with Gasteiger partial charge < -0.3 is 4.90 Å². The lowest BCUT2D eigenvalue weighted by Gasteiger charge is -2.26. The van der Waals surface area contributed by atoms with Crippen LogP contribution in [-0.4, -0.2) is 60.5 Å². The van der Waals surface area contributed by atoms with Gasteiger partial charge in [-0.2, -0.15) is 5.10 Å². The van der Waals surface area contributed by atoms with Crippen molar-refractivity contribution >= 4 is 26.7 Å². The molecule has 1 aliphatic heterocycles. The Balaban J connectivity index is 1.86. The Kier molecular flexibility index (Phi) is 6.36. The third-order valence-corrected chi connectivity index (χ3v) is 8.04. The summed E-state index contributed by atoms with van der Waals surface area (Å²) in [5.74, 6) is -0.134. The van der Waals surface area contributed by atoms with Gasteiger partial charge in [0.25, 0.3) is 5.56 Å². The Labute approximate surface area is 193 Å². The predicted molar refractivity (Wildman–Crippen MR) is 127 cm³/mol. The first kappa shape index (κ1) is 23.1. The van der Waals surface area contributed by atoms with Gasteiger partial charge in [-0.1, -0.05) is 30.3 Å². The number of carbonyl (C=O) groups excluding carboxylic acids is 1. The Hall–Kier alpha value is -3.04. The van der Waals surface area contributed by atoms with E-state index in [-0.39, 0.29) is 22.9 Å². The molecule has 174 valence electrons. The summed E-state index contributed by atoms with van der Waals surface area (Å²) in [5.41, 5.74) is 1.31. The van der Waals surface area contributed by atoms with Crippen molar-refractivity contribution in [3.63, 3.8) is 0 Å². The fourth-order valence-corrected chi connectivity index (χ4v) is 5.29. The molecule has 1 saturated heterocycles. The fourth-order valence-electron chi connectivity index (χ4n) is 4.15. The molecule has 0 N–H and O–H groups in total. The standard InChI is InChI=1S/C24H28N4O4S/c1-17-11-12-18(15-21(17)33(31,32)26(2)3)23-19-9-5-6-10-20(19)24(30)28(25-23)16-22(29)27-13-7-4-8-14-27/h5-6,9-12,15H,4,7-8,13-14,16H2,1-3H3. The summed E-state index contributed by atoms with van der Waals surface area (Å²) in [6.07, 6.45) is 3.03. The summed E-state index contributed by atoms with van der Waals surface area (Å²) in [6, 6.07) is 12.2. The minimum absolute atomic E-state index is 0.134. The van der Waals surface area contributed by atoms with Crippen molar-refractivity contribution in [3.8, 4) is 11.3 Å². The first-order chi connectivity index (χ1) is 15.7. The van der Waals surface area contributed by atoms with Crippen LogP contribution in [-0.2, 0) is 21.4 Å². The lowest BCUT2D eigenvalue weighted by Crippen LogP contribution is -2.40. The number of amides is 1. The Bertz CT molecular complexity index is 1370. The molecular formula is C24H28N4O4S. The van der Waals surface area contributed by atoms with Crippen molar-refractivity contribution in [2.45, 2.75) is 37.6 Å². The average Bonchev–Trinajstić information content (AvgIpc) is 2.81. The van der Waals surface area contributed by atoms with Crippen LogP contribution in [0.15, 0.2) is 52.2 Å². The van der Waals surface area contributed by atoms with Crippen molar-refractivity contribution in [1.29, 1.82) is 0 Å². The van der Waals surface area contributed by atoms with Gasteiger partial charge in [-0.05, 0) is 43.9 Å². The van der Waals surface area contributed by atoms with Gasteiger partial charge in [0.15, 0.2) is 0 Å². The van der Waals surface area contributed by atoms with E-state index in [1.54, 1.807) is 48.2 Å². The molecule has 1 aliphatic rings. The maximum absolute atomic E-state index is 13.1. The molecule has 9 heteroatoms. The van der Waals surface area contributed by atoms with Gasteiger partial charge in [0.1, 0.15) is 6.54 Å². The molecule has 4 rings (SSSR count). The molecule has 1 amide bonds. The number of hydrogen-bond acceptors (Lipinski definition) is 5. The minimum Gasteiger partial charge on any atom is -0.341 e. The molecule has 0 unspecified atom stereocenters. The second-order valence-corrected chi connectivity index (χ2v) is 10.7. The van der Waals surface area contributed by atoms with Gasteiger partial charge in [-0.3, -0.25) is 9.59 Å². The summed E-state index contributed by atoms with van der Waals surface area (Å²) in [5, 5.41) is 5.60. The number of piperidine rings is 1. The molecule has 0 aliphatic carbocycles. The molecule has 0 spiro atoms. The van der Waals surface area contributed by atoms with Crippen LogP contribution in [0.5, 0.6) is 0 Å². The van der Waals surface area contributed by atoms with E-state index in [1.165, 1.54) is 23.1 Å². The number of rotatable bonds is 5. The highest BCUT2D eigenvalue weighted by Crippen LogP contribution is 2.29. The fraction of sp³-hybridized carbons (Fsp3) is 0.375. The highest BCUT2D eigenvalue weighted by molar-refractivity contribution is 7.89. The molecule has 0 radical (unpaired) electrons. The number of carbonyl (C=O) groups is 1. The summed E-state index contributed by atoms with van der Waals surface area (Å²) in [4.78, 5) is 27.9. The third kappa shape index (κ3) is 4.43. The van der Waals surface area contributed by atoms with Crippen LogP contribution in [0, 0.1) is 6.92 Å². The highest BCUT2D eigenvalue weighted by Gasteiger charge is 2.23. The lowest BCUT2D eigenvalue weighted by atomic mass is 10.0. The number of aromatic nitrogens is 2. The van der Waals surface area contributed by atoms with E-state index in [1.807, 2.05) is 6.07 Å². The molecule has 1 fully saturated rings. The monoisotopic (exact) mass is 468 g/mol. The van der Waals surface area contributed by atoms with E-state index in [0.29, 0.717) is 40.7 Å². The van der Waals surface area contributed by atoms with E-state index in [2.05, 4.69) is 5.10 Å². The molecule has 0 saturated carbocycles. The molecule has 1 aromatic heterocycles. The molecule has 8 nitrogen and oxygen atoms in total. The second-order valence-electron chi connectivity index (χ2n) is 8.57. The first-order valence-electron chi connectivity index (χ1n) is 11.0. The molecule has 0 atom stereocenters. The zero-order chi connectivity index (χ0) is 23.8. The van der Waals surface area contributed by atoms with Crippen LogP contribution in [0.25, 0.3) is 22.0 Å². The number of aryl methyl sites for hydroxylation is 1. The number of nitrogens with zero attached hydrogens (tertiary/aromatic N) is 4. The van der Waals surface area contributed by atoms with E-state index < -0.39 is 10.0 Å². The normalized spacial score (nSPS) is 14.7. The van der Waals surface area contributed by atoms with Crippen molar-refractivity contribution in [2.75, 3.05) is 27.2 Å². The number of fused-ring (bicyclic) bond motifs is 1. The van der Waals surface area contributed by atoms with Crippen molar-refractivity contribution < 1.29 is 13.2 Å². The van der Waals surface area contributed by atoms with E-state index >= 15 is 0 Å². The van der Waals surface area contributed by atoms with Crippen LogP contribution in [0.1, 0.15) is 24.8 Å². The number of benzene rings is 2. The van der Waals surface area contributed by atoms with Crippen LogP contribution in [0.2, 0.25) is 0 Å². The lowest BCUT2D eigenvalue weighted by molar-refractivity contribution is -0.133. The molecular weight excluding hydrogens is 440 g/mol. The largest absolute Gasteiger partial charge is 0.341 e. The quantitative estimate of drug-likeness (QED) is 0.574. The smallest absolute Gasteiger partial charge is 0.275 e. The Morgan fingerprint density at radius 1 is 1.03 bits per heavy atom. The number of likely N-dealkylation sites (tertiary alicyclic amines) is 1. The summed E-state index contributed by atoms with van der Waals surface area (Å²) in [7, 11) is -0.692. The Morgan fingerprint density at radius 3 is 2.36 bits per heavy atom. The zero-order valence-corrected chi connectivity index (χ0v) is 19.9. The van der Waals surface area contributed by atoms with Crippen LogP contribution >= 0.6 is 0 Å². The number of hydrogen-bond donors (Lipinski definition) is 0. The van der Waals surface area contributed by atoms with Gasteiger partial charge in [0, 0.05) is 38.1 Å². The predicted octanol–water partition coefficient (Wildman–Crippen LogP) is 2.63. The van der Waals surface area contributed by atoms with Gasteiger partial charge in [-0.25, -0.2) is 17.4 Å². The van der Waals surface area contributed by atoms with Crippen molar-refractivity contribution in [1.82, 2.24) is 19.0 Å². The van der Waals surface area contributed by atoms with Gasteiger partial charge in [0.05, 0.1) is 16.0 Å².